The number of nitrogens with zero attached hydrogens (tertiary/aromatic N) is 1. The zero-order valence-corrected chi connectivity index (χ0v) is 16.1. The highest BCUT2D eigenvalue weighted by molar-refractivity contribution is 8.18. The number of halogens is 1. The Morgan fingerprint density at radius 2 is 1.96 bits per heavy atom. The van der Waals surface area contributed by atoms with Crippen LogP contribution in [0.15, 0.2) is 47.4 Å². The molecule has 1 aliphatic rings. The molecule has 1 saturated heterocycles. The molecule has 0 radical (unpaired) electrons. The van der Waals surface area contributed by atoms with Gasteiger partial charge in [-0.2, -0.15) is 0 Å². The van der Waals surface area contributed by atoms with E-state index in [9.17, 15) is 9.59 Å². The van der Waals surface area contributed by atoms with E-state index in [-0.39, 0.29) is 24.3 Å². The molecule has 2 aromatic rings. The average Bonchev–Trinajstić information content (AvgIpc) is 2.85. The zero-order chi connectivity index (χ0) is 18.7. The van der Waals surface area contributed by atoms with Crippen molar-refractivity contribution in [3.05, 3.63) is 69.1 Å². The smallest absolute Gasteiger partial charge is 0.293 e. The molecule has 1 aliphatic heterocycles. The number of amides is 2. The molecule has 134 valence electrons. The molecule has 0 N–H and O–H groups in total. The van der Waals surface area contributed by atoms with Crippen LogP contribution in [0.3, 0.4) is 0 Å². The summed E-state index contributed by atoms with van der Waals surface area (Å²) in [6.07, 6.45) is 1.68. The molecule has 0 spiro atoms. The van der Waals surface area contributed by atoms with Crippen molar-refractivity contribution in [1.82, 2.24) is 4.90 Å². The highest BCUT2D eigenvalue weighted by Crippen LogP contribution is 2.32. The first-order chi connectivity index (χ1) is 12.4. The maximum absolute atomic E-state index is 12.5. The summed E-state index contributed by atoms with van der Waals surface area (Å²) >= 11 is 6.89. The van der Waals surface area contributed by atoms with Crippen LogP contribution in [-0.2, 0) is 4.79 Å². The molecule has 0 unspecified atom stereocenters. The minimum atomic E-state index is -0.301. The Kier molecular flexibility index (Phi) is 5.69. The topological polar surface area (TPSA) is 46.6 Å². The van der Waals surface area contributed by atoms with E-state index in [1.54, 1.807) is 24.3 Å². The largest absolute Gasteiger partial charge is 0.491 e. The Morgan fingerprint density at radius 3 is 2.73 bits per heavy atom. The number of aryl methyl sites for hydroxylation is 2. The Labute approximate surface area is 161 Å². The molecule has 1 fully saturated rings. The molecule has 6 heteroatoms. The number of carbonyl (C=O) groups is 2. The Morgan fingerprint density at radius 1 is 1.15 bits per heavy atom. The van der Waals surface area contributed by atoms with Crippen molar-refractivity contribution in [2.75, 3.05) is 13.2 Å². The fourth-order valence-electron chi connectivity index (χ4n) is 2.55. The number of ether oxygens (including phenoxy) is 1. The predicted octanol–water partition coefficient (Wildman–Crippen LogP) is 5.07. The molecule has 0 aromatic heterocycles. The second-order valence-electron chi connectivity index (χ2n) is 6.01. The molecule has 0 bridgehead atoms. The van der Waals surface area contributed by atoms with Gasteiger partial charge in [0.2, 0.25) is 0 Å². The van der Waals surface area contributed by atoms with Crippen molar-refractivity contribution in [3.8, 4) is 5.75 Å². The first-order valence-electron chi connectivity index (χ1n) is 8.15. The molecular weight excluding hydrogens is 370 g/mol. The summed E-state index contributed by atoms with van der Waals surface area (Å²) in [6, 6.07) is 13.1. The van der Waals surface area contributed by atoms with Crippen LogP contribution in [-0.4, -0.2) is 29.2 Å². The molecule has 1 heterocycles. The van der Waals surface area contributed by atoms with E-state index in [1.807, 2.05) is 38.1 Å². The van der Waals surface area contributed by atoms with Gasteiger partial charge in [0.25, 0.3) is 11.1 Å². The summed E-state index contributed by atoms with van der Waals surface area (Å²) in [7, 11) is 0. The van der Waals surface area contributed by atoms with Crippen LogP contribution in [0.25, 0.3) is 6.08 Å². The van der Waals surface area contributed by atoms with Gasteiger partial charge >= 0.3 is 0 Å². The van der Waals surface area contributed by atoms with Crippen LogP contribution >= 0.6 is 23.4 Å². The highest BCUT2D eigenvalue weighted by Gasteiger charge is 2.34. The van der Waals surface area contributed by atoms with E-state index in [2.05, 4.69) is 0 Å². The van der Waals surface area contributed by atoms with Gasteiger partial charge in [-0.3, -0.25) is 14.5 Å². The molecule has 26 heavy (non-hydrogen) atoms. The number of hydrogen-bond acceptors (Lipinski definition) is 4. The van der Waals surface area contributed by atoms with Crippen LogP contribution in [0, 0.1) is 13.8 Å². The van der Waals surface area contributed by atoms with Gasteiger partial charge < -0.3 is 4.74 Å². The van der Waals surface area contributed by atoms with E-state index in [0.717, 1.165) is 34.2 Å². The molecular formula is C20H18ClNO3S. The third-order valence-corrected chi connectivity index (χ3v) is 5.08. The second kappa shape index (κ2) is 7.98. The lowest BCUT2D eigenvalue weighted by atomic mass is 10.1. The predicted molar refractivity (Wildman–Crippen MR) is 106 cm³/mol. The van der Waals surface area contributed by atoms with Crippen molar-refractivity contribution in [2.45, 2.75) is 13.8 Å². The fraction of sp³-hybridized carbons (Fsp3) is 0.200. The molecule has 4 nitrogen and oxygen atoms in total. The zero-order valence-electron chi connectivity index (χ0n) is 14.5. The minimum absolute atomic E-state index is 0.213. The van der Waals surface area contributed by atoms with Crippen molar-refractivity contribution in [3.63, 3.8) is 0 Å². The van der Waals surface area contributed by atoms with E-state index in [0.29, 0.717) is 9.93 Å². The van der Waals surface area contributed by atoms with Gasteiger partial charge in [0.15, 0.2) is 0 Å². The number of carbonyl (C=O) groups excluding carboxylic acids is 2. The first kappa shape index (κ1) is 18.5. The maximum Gasteiger partial charge on any atom is 0.293 e. The third kappa shape index (κ3) is 4.29. The average molecular weight is 388 g/mol. The number of imide groups is 1. The van der Waals surface area contributed by atoms with E-state index in [4.69, 9.17) is 16.3 Å². The quantitative estimate of drug-likeness (QED) is 0.672. The highest BCUT2D eigenvalue weighted by atomic mass is 35.5. The summed E-state index contributed by atoms with van der Waals surface area (Å²) in [5.74, 6) is 0.469. The molecule has 3 rings (SSSR count). The van der Waals surface area contributed by atoms with Crippen molar-refractivity contribution < 1.29 is 14.3 Å². The number of benzene rings is 2. The lowest BCUT2D eigenvalue weighted by Gasteiger charge is -2.14. The van der Waals surface area contributed by atoms with Gasteiger partial charge in [0.1, 0.15) is 12.4 Å². The van der Waals surface area contributed by atoms with Crippen LogP contribution < -0.4 is 4.74 Å². The lowest BCUT2D eigenvalue weighted by molar-refractivity contribution is -0.123. The normalized spacial score (nSPS) is 15.8. The van der Waals surface area contributed by atoms with E-state index >= 15 is 0 Å². The third-order valence-electron chi connectivity index (χ3n) is 3.94. The summed E-state index contributed by atoms with van der Waals surface area (Å²) in [6.45, 7) is 4.42. The SMILES string of the molecule is Cc1ccc(C)c(OCCN2C(=O)S/C(=C\c3cccc(Cl)c3)C2=O)c1. The van der Waals surface area contributed by atoms with Crippen LogP contribution in [0.2, 0.25) is 5.02 Å². The maximum atomic E-state index is 12.5. The summed E-state index contributed by atoms with van der Waals surface area (Å²) in [4.78, 5) is 26.3. The molecule has 2 aromatic carbocycles. The van der Waals surface area contributed by atoms with Gasteiger partial charge in [-0.1, -0.05) is 35.9 Å². The molecule has 0 aliphatic carbocycles. The Bertz CT molecular complexity index is 894. The standard InChI is InChI=1S/C20H18ClNO3S/c1-13-6-7-14(2)17(10-13)25-9-8-22-19(23)18(26-20(22)24)12-15-4-3-5-16(21)11-15/h3-7,10-12H,8-9H2,1-2H3/b18-12-. The minimum Gasteiger partial charge on any atom is -0.491 e. The number of hydrogen-bond donors (Lipinski definition) is 0. The lowest BCUT2D eigenvalue weighted by Crippen LogP contribution is -2.32. The van der Waals surface area contributed by atoms with Gasteiger partial charge in [-0.05, 0) is 66.6 Å². The number of thioether (sulfide) groups is 1. The van der Waals surface area contributed by atoms with Crippen LogP contribution in [0.4, 0.5) is 4.79 Å². The summed E-state index contributed by atoms with van der Waals surface area (Å²) in [5.41, 5.74) is 2.90. The van der Waals surface area contributed by atoms with Gasteiger partial charge in [0, 0.05) is 5.02 Å². The molecule has 2 amide bonds. The van der Waals surface area contributed by atoms with E-state index < -0.39 is 0 Å². The summed E-state index contributed by atoms with van der Waals surface area (Å²) in [5, 5.41) is 0.299. The molecule has 0 atom stereocenters. The van der Waals surface area contributed by atoms with E-state index in [1.165, 1.54) is 4.90 Å². The Hall–Kier alpha value is -2.24. The van der Waals surface area contributed by atoms with Gasteiger partial charge in [-0.15, -0.1) is 0 Å². The first-order valence-corrected chi connectivity index (χ1v) is 9.34. The fourth-order valence-corrected chi connectivity index (χ4v) is 3.61. The van der Waals surface area contributed by atoms with Crippen molar-refractivity contribution >= 4 is 40.6 Å². The van der Waals surface area contributed by atoms with Crippen LogP contribution in [0.5, 0.6) is 5.75 Å². The van der Waals surface area contributed by atoms with Crippen molar-refractivity contribution in [1.29, 1.82) is 0 Å². The number of rotatable bonds is 5. The second-order valence-corrected chi connectivity index (χ2v) is 7.44. The summed E-state index contributed by atoms with van der Waals surface area (Å²) < 4.78 is 5.75. The Balaban J connectivity index is 1.65. The van der Waals surface area contributed by atoms with Gasteiger partial charge in [-0.25, -0.2) is 0 Å². The molecule has 0 saturated carbocycles. The van der Waals surface area contributed by atoms with Crippen molar-refractivity contribution in [2.24, 2.45) is 0 Å². The monoisotopic (exact) mass is 387 g/mol. The van der Waals surface area contributed by atoms with Gasteiger partial charge in [0.05, 0.1) is 11.4 Å². The van der Waals surface area contributed by atoms with Crippen LogP contribution in [0.1, 0.15) is 16.7 Å².